The summed E-state index contributed by atoms with van der Waals surface area (Å²) in [6, 6.07) is 9.27. The zero-order chi connectivity index (χ0) is 13.7. The van der Waals surface area contributed by atoms with Crippen LogP contribution in [-0.4, -0.2) is 29.3 Å². The second-order valence-corrected chi connectivity index (χ2v) is 7.04. The Morgan fingerprint density at radius 1 is 1.42 bits per heavy atom. The number of fused-ring (bicyclic) bond motifs is 1. The molecule has 2 N–H and O–H groups in total. The summed E-state index contributed by atoms with van der Waals surface area (Å²) in [6.45, 7) is 2.52. The van der Waals surface area contributed by atoms with Gasteiger partial charge in [0.2, 0.25) is 0 Å². The Balaban J connectivity index is 2.16. The highest BCUT2D eigenvalue weighted by atomic mass is 32.2. The molecule has 0 saturated carbocycles. The molecule has 0 heterocycles. The van der Waals surface area contributed by atoms with Gasteiger partial charge in [-0.15, -0.1) is 0 Å². The second kappa shape index (κ2) is 7.32. The zero-order valence-electron chi connectivity index (χ0n) is 11.9. The Labute approximate surface area is 121 Å². The average molecular weight is 279 g/mol. The van der Waals surface area contributed by atoms with Gasteiger partial charge >= 0.3 is 0 Å². The van der Waals surface area contributed by atoms with Gasteiger partial charge in [0.1, 0.15) is 0 Å². The number of nitrogens with one attached hydrogen (secondary N) is 1. The second-order valence-electron chi connectivity index (χ2n) is 5.35. The molecule has 0 aliphatic heterocycles. The molecule has 0 spiro atoms. The third-order valence-electron chi connectivity index (χ3n) is 3.95. The van der Waals surface area contributed by atoms with Crippen LogP contribution in [0.15, 0.2) is 24.3 Å². The van der Waals surface area contributed by atoms with Crippen LogP contribution in [0.2, 0.25) is 0 Å². The summed E-state index contributed by atoms with van der Waals surface area (Å²) in [4.78, 5) is 0. The average Bonchev–Trinajstić information content (AvgIpc) is 2.57. The predicted molar refractivity (Wildman–Crippen MR) is 83.7 cm³/mol. The smallest absolute Gasteiger partial charge is 0.0441 e. The first-order valence-corrected chi connectivity index (χ1v) is 8.22. The molecule has 2 nitrogen and oxygen atoms in total. The van der Waals surface area contributed by atoms with Gasteiger partial charge in [0.25, 0.3) is 0 Å². The van der Waals surface area contributed by atoms with Gasteiger partial charge in [0.15, 0.2) is 0 Å². The van der Waals surface area contributed by atoms with Crippen molar-refractivity contribution in [1.82, 2.24) is 5.32 Å². The zero-order valence-corrected chi connectivity index (χ0v) is 12.7. The fourth-order valence-corrected chi connectivity index (χ4v) is 4.54. The molecule has 2 rings (SSSR count). The Morgan fingerprint density at radius 2 is 2.21 bits per heavy atom. The molecule has 19 heavy (non-hydrogen) atoms. The van der Waals surface area contributed by atoms with Crippen LogP contribution >= 0.6 is 11.8 Å². The first-order chi connectivity index (χ1) is 9.26. The fraction of sp³-hybridized carbons (Fsp3) is 0.625. The van der Waals surface area contributed by atoms with E-state index in [0.29, 0.717) is 23.1 Å². The molecule has 1 aliphatic carbocycles. The lowest BCUT2D eigenvalue weighted by Gasteiger charge is -2.28. The standard InChI is InChI=1S/C16H25NOS/c1-12(10-11-18)19-15-9-5-7-13-6-3-4-8-14(13)16(15)17-2/h3-4,6,8,12,15-18H,5,7,9-11H2,1-2H3. The summed E-state index contributed by atoms with van der Waals surface area (Å²) < 4.78 is 0. The topological polar surface area (TPSA) is 32.3 Å². The van der Waals surface area contributed by atoms with Gasteiger partial charge in [-0.25, -0.2) is 0 Å². The number of hydrogen-bond donors (Lipinski definition) is 2. The summed E-state index contributed by atoms with van der Waals surface area (Å²) in [6.07, 6.45) is 4.60. The van der Waals surface area contributed by atoms with Gasteiger partial charge < -0.3 is 10.4 Å². The first kappa shape index (κ1) is 14.9. The number of aryl methyl sites for hydroxylation is 1. The van der Waals surface area contributed by atoms with E-state index in [-0.39, 0.29) is 0 Å². The van der Waals surface area contributed by atoms with E-state index >= 15 is 0 Å². The number of aliphatic hydroxyl groups excluding tert-OH is 1. The largest absolute Gasteiger partial charge is 0.396 e. The van der Waals surface area contributed by atoms with Gasteiger partial charge in [0.05, 0.1) is 0 Å². The minimum atomic E-state index is 0.293. The van der Waals surface area contributed by atoms with Crippen molar-refractivity contribution in [2.75, 3.05) is 13.7 Å². The molecule has 0 fully saturated rings. The van der Waals surface area contributed by atoms with E-state index in [0.717, 1.165) is 6.42 Å². The lowest BCUT2D eigenvalue weighted by Crippen LogP contribution is -2.28. The van der Waals surface area contributed by atoms with E-state index in [9.17, 15) is 0 Å². The Hall–Kier alpha value is -0.510. The highest BCUT2D eigenvalue weighted by Gasteiger charge is 2.27. The highest BCUT2D eigenvalue weighted by molar-refractivity contribution is 8.00. The summed E-state index contributed by atoms with van der Waals surface area (Å²) in [5.41, 5.74) is 2.97. The minimum absolute atomic E-state index is 0.293. The predicted octanol–water partition coefficient (Wildman–Crippen LogP) is 3.16. The molecule has 3 unspecified atom stereocenters. The van der Waals surface area contributed by atoms with E-state index in [1.54, 1.807) is 0 Å². The molecule has 1 aromatic carbocycles. The third kappa shape index (κ3) is 3.74. The van der Waals surface area contributed by atoms with Crippen LogP contribution < -0.4 is 5.32 Å². The van der Waals surface area contributed by atoms with Crippen LogP contribution in [0.3, 0.4) is 0 Å². The quantitative estimate of drug-likeness (QED) is 0.812. The maximum atomic E-state index is 9.07. The van der Waals surface area contributed by atoms with Gasteiger partial charge in [-0.3, -0.25) is 0 Å². The van der Waals surface area contributed by atoms with E-state index < -0.39 is 0 Å². The summed E-state index contributed by atoms with van der Waals surface area (Å²) in [5.74, 6) is 0. The molecule has 1 aliphatic rings. The SMILES string of the molecule is CNC1c2ccccc2CCCC1SC(C)CCO. The molecule has 0 aromatic heterocycles. The van der Waals surface area contributed by atoms with Crippen LogP contribution in [0.1, 0.15) is 43.4 Å². The Bertz CT molecular complexity index is 396. The Morgan fingerprint density at radius 3 is 2.95 bits per heavy atom. The highest BCUT2D eigenvalue weighted by Crippen LogP contribution is 2.37. The summed E-state index contributed by atoms with van der Waals surface area (Å²) in [7, 11) is 2.07. The normalized spacial score (nSPS) is 24.6. The molecule has 3 atom stereocenters. The summed E-state index contributed by atoms with van der Waals surface area (Å²) in [5, 5.41) is 13.7. The maximum Gasteiger partial charge on any atom is 0.0441 e. The van der Waals surface area contributed by atoms with Crippen LogP contribution in [-0.2, 0) is 6.42 Å². The van der Waals surface area contributed by atoms with Crippen molar-refractivity contribution in [2.24, 2.45) is 0 Å². The number of thioether (sulfide) groups is 1. The van der Waals surface area contributed by atoms with E-state index in [4.69, 9.17) is 5.11 Å². The van der Waals surface area contributed by atoms with Crippen molar-refractivity contribution in [3.05, 3.63) is 35.4 Å². The molecule has 106 valence electrons. The van der Waals surface area contributed by atoms with Crippen LogP contribution in [0.5, 0.6) is 0 Å². The van der Waals surface area contributed by atoms with Gasteiger partial charge in [-0.1, -0.05) is 31.2 Å². The minimum Gasteiger partial charge on any atom is -0.396 e. The Kier molecular flexibility index (Phi) is 5.74. The maximum absolute atomic E-state index is 9.07. The van der Waals surface area contributed by atoms with E-state index in [1.807, 2.05) is 11.8 Å². The van der Waals surface area contributed by atoms with Crippen LogP contribution in [0.25, 0.3) is 0 Å². The fourth-order valence-electron chi connectivity index (χ4n) is 2.96. The molecular formula is C16H25NOS. The lowest BCUT2D eigenvalue weighted by atomic mass is 9.99. The van der Waals surface area contributed by atoms with Crippen molar-refractivity contribution >= 4 is 11.8 Å². The van der Waals surface area contributed by atoms with Crippen molar-refractivity contribution in [3.8, 4) is 0 Å². The molecule has 0 radical (unpaired) electrons. The lowest BCUT2D eigenvalue weighted by molar-refractivity contribution is 0.288. The number of aliphatic hydroxyl groups is 1. The van der Waals surface area contributed by atoms with Crippen molar-refractivity contribution < 1.29 is 5.11 Å². The third-order valence-corrected chi connectivity index (χ3v) is 5.51. The molecular weight excluding hydrogens is 254 g/mol. The molecule has 0 saturated heterocycles. The van der Waals surface area contributed by atoms with E-state index in [1.165, 1.54) is 30.4 Å². The van der Waals surface area contributed by atoms with Gasteiger partial charge in [0, 0.05) is 23.1 Å². The number of hydrogen-bond acceptors (Lipinski definition) is 3. The summed E-state index contributed by atoms with van der Waals surface area (Å²) >= 11 is 2.03. The molecule has 0 bridgehead atoms. The van der Waals surface area contributed by atoms with Crippen LogP contribution in [0.4, 0.5) is 0 Å². The number of benzene rings is 1. The van der Waals surface area contributed by atoms with Crippen molar-refractivity contribution in [1.29, 1.82) is 0 Å². The van der Waals surface area contributed by atoms with E-state index in [2.05, 4.69) is 43.6 Å². The number of rotatable bonds is 5. The van der Waals surface area contributed by atoms with Crippen molar-refractivity contribution in [3.63, 3.8) is 0 Å². The van der Waals surface area contributed by atoms with Crippen LogP contribution in [0, 0.1) is 0 Å². The monoisotopic (exact) mass is 279 g/mol. The van der Waals surface area contributed by atoms with Crippen molar-refractivity contribution in [2.45, 2.75) is 49.1 Å². The van der Waals surface area contributed by atoms with Gasteiger partial charge in [-0.2, -0.15) is 11.8 Å². The first-order valence-electron chi connectivity index (χ1n) is 7.27. The molecule has 1 aromatic rings. The molecule has 0 amide bonds. The molecule has 3 heteroatoms. The van der Waals surface area contributed by atoms with Gasteiger partial charge in [-0.05, 0) is 43.9 Å².